The molecule has 1 amide bonds. The normalized spacial score (nSPS) is 10.4. The van der Waals surface area contributed by atoms with Gasteiger partial charge in [0.05, 0.1) is 0 Å². The van der Waals surface area contributed by atoms with E-state index in [-0.39, 0.29) is 5.91 Å². The summed E-state index contributed by atoms with van der Waals surface area (Å²) in [5, 5.41) is 6.32. The van der Waals surface area contributed by atoms with E-state index in [9.17, 15) is 4.79 Å². The third kappa shape index (κ3) is 4.35. The molecule has 116 valence electrons. The van der Waals surface area contributed by atoms with Gasteiger partial charge in [-0.2, -0.15) is 0 Å². The molecule has 22 heavy (non-hydrogen) atoms. The second-order valence-corrected chi connectivity index (χ2v) is 5.87. The van der Waals surface area contributed by atoms with Crippen LogP contribution in [0.1, 0.15) is 28.7 Å². The molecule has 0 saturated heterocycles. The summed E-state index contributed by atoms with van der Waals surface area (Å²) >= 11 is 0. The first kappa shape index (κ1) is 16.1. The minimum Gasteiger partial charge on any atom is -0.384 e. The van der Waals surface area contributed by atoms with E-state index in [4.69, 9.17) is 0 Å². The smallest absolute Gasteiger partial charge is 0.226 e. The van der Waals surface area contributed by atoms with Crippen LogP contribution >= 0.6 is 0 Å². The Morgan fingerprint density at radius 2 is 1.55 bits per heavy atom. The van der Waals surface area contributed by atoms with Crippen LogP contribution in [0.2, 0.25) is 0 Å². The number of carbonyl (C=O) groups excluding carboxylic acids is 1. The number of nitrogens with one attached hydrogen (secondary N) is 2. The lowest BCUT2D eigenvalue weighted by Crippen LogP contribution is -2.17. The minimum atomic E-state index is 0.0312. The second-order valence-electron chi connectivity index (χ2n) is 5.87. The molecule has 2 rings (SSSR count). The number of amides is 1. The van der Waals surface area contributed by atoms with E-state index < -0.39 is 0 Å². The van der Waals surface area contributed by atoms with Crippen molar-refractivity contribution in [3.63, 3.8) is 0 Å². The zero-order valence-corrected chi connectivity index (χ0v) is 13.8. The van der Waals surface area contributed by atoms with E-state index >= 15 is 0 Å². The molecule has 0 bridgehead atoms. The Kier molecular flexibility index (Phi) is 5.21. The van der Waals surface area contributed by atoms with E-state index in [1.165, 1.54) is 11.1 Å². The maximum atomic E-state index is 12.0. The van der Waals surface area contributed by atoms with E-state index in [1.807, 2.05) is 32.0 Å². The second kappa shape index (κ2) is 7.12. The molecule has 0 fully saturated rings. The molecular weight excluding hydrogens is 272 g/mol. The number of para-hydroxylation sites is 1. The van der Waals surface area contributed by atoms with Crippen molar-refractivity contribution in [2.45, 2.75) is 34.1 Å². The van der Waals surface area contributed by atoms with Crippen LogP contribution in [-0.2, 0) is 4.79 Å². The number of aryl methyl sites for hydroxylation is 4. The molecule has 2 aromatic carbocycles. The Morgan fingerprint density at radius 1 is 0.955 bits per heavy atom. The lowest BCUT2D eigenvalue weighted by atomic mass is 10.1. The van der Waals surface area contributed by atoms with Gasteiger partial charge in [0.2, 0.25) is 5.91 Å². The predicted molar refractivity (Wildman–Crippen MR) is 93.6 cm³/mol. The molecule has 0 aliphatic rings. The molecule has 0 aromatic heterocycles. The number of anilines is 2. The maximum absolute atomic E-state index is 12.0. The molecule has 0 radical (unpaired) electrons. The third-order valence-corrected chi connectivity index (χ3v) is 3.64. The van der Waals surface area contributed by atoms with E-state index in [0.717, 1.165) is 22.5 Å². The van der Waals surface area contributed by atoms with Crippen molar-refractivity contribution < 1.29 is 4.79 Å². The van der Waals surface area contributed by atoms with Gasteiger partial charge in [-0.25, -0.2) is 0 Å². The Labute approximate surface area is 132 Å². The monoisotopic (exact) mass is 296 g/mol. The van der Waals surface area contributed by atoms with E-state index in [1.54, 1.807) is 0 Å². The van der Waals surface area contributed by atoms with Gasteiger partial charge < -0.3 is 10.6 Å². The third-order valence-electron chi connectivity index (χ3n) is 3.64. The fraction of sp³-hybridized carbons (Fsp3) is 0.316. The van der Waals surface area contributed by atoms with Crippen molar-refractivity contribution in [1.82, 2.24) is 0 Å². The number of carbonyl (C=O) groups is 1. The highest BCUT2D eigenvalue weighted by atomic mass is 16.1. The van der Waals surface area contributed by atoms with Crippen LogP contribution in [-0.4, -0.2) is 12.5 Å². The minimum absolute atomic E-state index is 0.0312. The van der Waals surface area contributed by atoms with Crippen LogP contribution in [0.15, 0.2) is 36.4 Å². The van der Waals surface area contributed by atoms with Crippen molar-refractivity contribution in [1.29, 1.82) is 0 Å². The van der Waals surface area contributed by atoms with E-state index in [0.29, 0.717) is 13.0 Å². The molecule has 0 saturated carbocycles. The van der Waals surface area contributed by atoms with Crippen LogP contribution in [0, 0.1) is 27.7 Å². The molecule has 0 unspecified atom stereocenters. The van der Waals surface area contributed by atoms with Gasteiger partial charge in [-0.05, 0) is 62.1 Å². The summed E-state index contributed by atoms with van der Waals surface area (Å²) in [4.78, 5) is 12.0. The first-order chi connectivity index (χ1) is 10.5. The van der Waals surface area contributed by atoms with Crippen LogP contribution in [0.4, 0.5) is 11.4 Å². The van der Waals surface area contributed by atoms with Crippen molar-refractivity contribution in [3.05, 3.63) is 58.7 Å². The summed E-state index contributed by atoms with van der Waals surface area (Å²) in [6, 6.07) is 12.3. The van der Waals surface area contributed by atoms with Gasteiger partial charge in [-0.15, -0.1) is 0 Å². The molecule has 3 heteroatoms. The summed E-state index contributed by atoms with van der Waals surface area (Å²) in [5.74, 6) is 0.0312. The summed E-state index contributed by atoms with van der Waals surface area (Å²) in [5.41, 5.74) is 6.72. The lowest BCUT2D eigenvalue weighted by Gasteiger charge is -2.13. The summed E-state index contributed by atoms with van der Waals surface area (Å²) < 4.78 is 0. The first-order valence-electron chi connectivity index (χ1n) is 7.64. The van der Waals surface area contributed by atoms with Crippen molar-refractivity contribution in [2.24, 2.45) is 0 Å². The quantitative estimate of drug-likeness (QED) is 0.860. The zero-order chi connectivity index (χ0) is 16.1. The Balaban J connectivity index is 1.88. The standard InChI is InChI=1S/C19H24N2O/c1-13-10-14(2)12-17(11-13)21-18(22)8-9-20-19-15(3)6-5-7-16(19)4/h5-7,10-12,20H,8-9H2,1-4H3,(H,21,22). The first-order valence-corrected chi connectivity index (χ1v) is 7.64. The number of hydrogen-bond acceptors (Lipinski definition) is 2. The molecule has 2 aromatic rings. The van der Waals surface area contributed by atoms with Gasteiger partial charge >= 0.3 is 0 Å². The van der Waals surface area contributed by atoms with Gasteiger partial charge in [-0.3, -0.25) is 4.79 Å². The van der Waals surface area contributed by atoms with Gasteiger partial charge in [0, 0.05) is 24.3 Å². The lowest BCUT2D eigenvalue weighted by molar-refractivity contribution is -0.115. The largest absolute Gasteiger partial charge is 0.384 e. The molecule has 2 N–H and O–H groups in total. The average molecular weight is 296 g/mol. The fourth-order valence-corrected chi connectivity index (χ4v) is 2.66. The summed E-state index contributed by atoms with van der Waals surface area (Å²) in [7, 11) is 0. The highest BCUT2D eigenvalue weighted by Crippen LogP contribution is 2.19. The highest BCUT2D eigenvalue weighted by molar-refractivity contribution is 5.91. The maximum Gasteiger partial charge on any atom is 0.226 e. The van der Waals surface area contributed by atoms with Gasteiger partial charge in [0.15, 0.2) is 0 Å². The Bertz CT molecular complexity index is 637. The van der Waals surface area contributed by atoms with Crippen molar-refractivity contribution in [2.75, 3.05) is 17.2 Å². The van der Waals surface area contributed by atoms with E-state index in [2.05, 4.69) is 42.7 Å². The van der Waals surface area contributed by atoms with Crippen molar-refractivity contribution >= 4 is 17.3 Å². The molecule has 0 aliphatic carbocycles. The fourth-order valence-electron chi connectivity index (χ4n) is 2.66. The number of hydrogen-bond donors (Lipinski definition) is 2. The summed E-state index contributed by atoms with van der Waals surface area (Å²) in [6.07, 6.45) is 0.445. The SMILES string of the molecule is Cc1cc(C)cc(NC(=O)CCNc2c(C)cccc2C)c1. The average Bonchev–Trinajstić information content (AvgIpc) is 2.41. The van der Waals surface area contributed by atoms with Crippen LogP contribution in [0.5, 0.6) is 0 Å². The van der Waals surface area contributed by atoms with Gasteiger partial charge in [0.1, 0.15) is 0 Å². The molecule has 0 heterocycles. The summed E-state index contributed by atoms with van der Waals surface area (Å²) in [6.45, 7) is 8.84. The number of rotatable bonds is 5. The zero-order valence-electron chi connectivity index (χ0n) is 13.8. The Morgan fingerprint density at radius 3 is 2.14 bits per heavy atom. The Hall–Kier alpha value is -2.29. The molecule has 0 atom stereocenters. The van der Waals surface area contributed by atoms with Crippen LogP contribution in [0.25, 0.3) is 0 Å². The molecule has 3 nitrogen and oxygen atoms in total. The molecule has 0 aliphatic heterocycles. The van der Waals surface area contributed by atoms with Gasteiger partial charge in [-0.1, -0.05) is 24.3 Å². The predicted octanol–water partition coefficient (Wildman–Crippen LogP) is 4.36. The van der Waals surface area contributed by atoms with Crippen LogP contribution in [0.3, 0.4) is 0 Å². The topological polar surface area (TPSA) is 41.1 Å². The van der Waals surface area contributed by atoms with Crippen LogP contribution < -0.4 is 10.6 Å². The van der Waals surface area contributed by atoms with Gasteiger partial charge in [0.25, 0.3) is 0 Å². The molecular formula is C19H24N2O. The number of benzene rings is 2. The highest BCUT2D eigenvalue weighted by Gasteiger charge is 2.05. The molecule has 0 spiro atoms. The van der Waals surface area contributed by atoms with Crippen molar-refractivity contribution in [3.8, 4) is 0 Å².